The van der Waals surface area contributed by atoms with Crippen molar-refractivity contribution in [3.05, 3.63) is 23.3 Å². The summed E-state index contributed by atoms with van der Waals surface area (Å²) in [5.74, 6) is 6.61. The van der Waals surface area contributed by atoms with Crippen molar-refractivity contribution in [3.8, 4) is 11.5 Å². The normalized spacial score (nSPS) is 14.3. The molecule has 0 fully saturated rings. The van der Waals surface area contributed by atoms with Crippen molar-refractivity contribution in [2.24, 2.45) is 5.90 Å². The van der Waals surface area contributed by atoms with Crippen molar-refractivity contribution in [3.63, 3.8) is 0 Å². The highest BCUT2D eigenvalue weighted by atomic mass is 16.7. The minimum Gasteiger partial charge on any atom is -0.496 e. The van der Waals surface area contributed by atoms with Crippen LogP contribution in [-0.4, -0.2) is 13.9 Å². The number of hydrogen-bond acceptors (Lipinski definition) is 5. The van der Waals surface area contributed by atoms with E-state index in [4.69, 9.17) is 20.1 Å². The summed E-state index contributed by atoms with van der Waals surface area (Å²) in [6, 6.07) is 3.69. The molecule has 1 aliphatic heterocycles. The monoisotopic (exact) mass is 211 g/mol. The summed E-state index contributed by atoms with van der Waals surface area (Å²) in [5.41, 5.74) is 1.81. The molecule has 0 amide bonds. The number of ether oxygens (including phenoxy) is 3. The molecule has 1 aromatic carbocycles. The summed E-state index contributed by atoms with van der Waals surface area (Å²) in [6.07, 6.45) is 0. The van der Waals surface area contributed by atoms with E-state index in [0.29, 0.717) is 6.61 Å². The van der Waals surface area contributed by atoms with Crippen molar-refractivity contribution in [2.45, 2.75) is 13.2 Å². The molecule has 0 radical (unpaired) electrons. The zero-order chi connectivity index (χ0) is 10.7. The van der Waals surface area contributed by atoms with Crippen LogP contribution in [0.25, 0.3) is 0 Å². The molecule has 0 saturated carbocycles. The molecule has 2 rings (SSSR count). The topological polar surface area (TPSA) is 62.9 Å². The average molecular weight is 211 g/mol. The molecule has 0 unspecified atom stereocenters. The standard InChI is InChI=1S/C10H13NO4/c1-12-9-2-3-10-7(4-13-6-14-10)8(9)5-15-11/h2-3H,4-6,11H2,1H3. The fraction of sp³-hybridized carbons (Fsp3) is 0.400. The lowest BCUT2D eigenvalue weighted by molar-refractivity contribution is -0.0181. The molecular formula is C10H13NO4. The summed E-state index contributed by atoms with van der Waals surface area (Å²) in [7, 11) is 1.60. The van der Waals surface area contributed by atoms with Crippen molar-refractivity contribution in [1.29, 1.82) is 0 Å². The molecule has 1 aliphatic rings. The van der Waals surface area contributed by atoms with Crippen LogP contribution in [0.15, 0.2) is 12.1 Å². The first kappa shape index (κ1) is 10.2. The lowest BCUT2D eigenvalue weighted by atomic mass is 10.1. The lowest BCUT2D eigenvalue weighted by Gasteiger charge is -2.21. The quantitative estimate of drug-likeness (QED) is 0.754. The number of hydrogen-bond donors (Lipinski definition) is 1. The Morgan fingerprint density at radius 3 is 3.07 bits per heavy atom. The van der Waals surface area contributed by atoms with Gasteiger partial charge in [0.2, 0.25) is 0 Å². The molecule has 15 heavy (non-hydrogen) atoms. The van der Waals surface area contributed by atoms with E-state index in [0.717, 1.165) is 22.6 Å². The number of rotatable bonds is 3. The Bertz CT molecular complexity index is 354. The summed E-state index contributed by atoms with van der Waals surface area (Å²) >= 11 is 0. The fourth-order valence-electron chi connectivity index (χ4n) is 1.63. The van der Waals surface area contributed by atoms with Crippen LogP contribution in [-0.2, 0) is 22.8 Å². The lowest BCUT2D eigenvalue weighted by Crippen LogP contribution is -2.15. The van der Waals surface area contributed by atoms with Gasteiger partial charge in [-0.2, -0.15) is 0 Å². The molecule has 5 nitrogen and oxygen atoms in total. The molecule has 0 spiro atoms. The van der Waals surface area contributed by atoms with Crippen LogP contribution in [0.2, 0.25) is 0 Å². The Labute approximate surface area is 87.6 Å². The third-order valence-electron chi connectivity index (χ3n) is 2.34. The van der Waals surface area contributed by atoms with Crippen LogP contribution < -0.4 is 15.4 Å². The van der Waals surface area contributed by atoms with Gasteiger partial charge in [0.15, 0.2) is 6.79 Å². The van der Waals surface area contributed by atoms with E-state index in [9.17, 15) is 0 Å². The second-order valence-electron chi connectivity index (χ2n) is 3.14. The van der Waals surface area contributed by atoms with E-state index in [2.05, 4.69) is 4.84 Å². The molecule has 82 valence electrons. The van der Waals surface area contributed by atoms with E-state index in [1.165, 1.54) is 0 Å². The number of methoxy groups -OCH3 is 1. The van der Waals surface area contributed by atoms with Gasteiger partial charge in [-0.3, -0.25) is 4.84 Å². The SMILES string of the molecule is COc1ccc2c(c1CON)COCO2. The molecule has 1 heterocycles. The largest absolute Gasteiger partial charge is 0.496 e. The van der Waals surface area contributed by atoms with Gasteiger partial charge in [-0.05, 0) is 12.1 Å². The Balaban J connectivity index is 2.44. The van der Waals surface area contributed by atoms with Crippen molar-refractivity contribution in [1.82, 2.24) is 0 Å². The molecule has 1 aromatic rings. The predicted octanol–water partition coefficient (Wildman–Crippen LogP) is 0.952. The number of nitrogens with two attached hydrogens (primary N) is 1. The maximum atomic E-state index is 5.34. The summed E-state index contributed by atoms with van der Waals surface area (Å²) in [5, 5.41) is 0. The molecule has 2 N–H and O–H groups in total. The van der Waals surface area contributed by atoms with E-state index in [1.54, 1.807) is 7.11 Å². The maximum absolute atomic E-state index is 5.34. The highest BCUT2D eigenvalue weighted by molar-refractivity contribution is 5.48. The highest BCUT2D eigenvalue weighted by Crippen LogP contribution is 2.33. The summed E-state index contributed by atoms with van der Waals surface area (Å²) in [4.78, 5) is 4.65. The van der Waals surface area contributed by atoms with E-state index in [1.807, 2.05) is 12.1 Å². The third kappa shape index (κ3) is 1.90. The molecule has 0 bridgehead atoms. The smallest absolute Gasteiger partial charge is 0.189 e. The van der Waals surface area contributed by atoms with Crippen molar-refractivity contribution >= 4 is 0 Å². The number of benzene rings is 1. The van der Waals surface area contributed by atoms with Gasteiger partial charge < -0.3 is 14.2 Å². The van der Waals surface area contributed by atoms with Gasteiger partial charge in [-0.15, -0.1) is 0 Å². The Kier molecular flexibility index (Phi) is 3.05. The van der Waals surface area contributed by atoms with Crippen molar-refractivity contribution in [2.75, 3.05) is 13.9 Å². The second kappa shape index (κ2) is 4.48. The van der Waals surface area contributed by atoms with E-state index >= 15 is 0 Å². The van der Waals surface area contributed by atoms with E-state index in [-0.39, 0.29) is 13.4 Å². The molecule has 0 aromatic heterocycles. The molecule has 0 aliphatic carbocycles. The van der Waals surface area contributed by atoms with Crippen molar-refractivity contribution < 1.29 is 19.0 Å². The van der Waals surface area contributed by atoms with Gasteiger partial charge in [-0.25, -0.2) is 5.90 Å². The van der Waals surface area contributed by atoms with Gasteiger partial charge in [0, 0.05) is 11.1 Å². The molecular weight excluding hydrogens is 198 g/mol. The summed E-state index contributed by atoms with van der Waals surface area (Å²) < 4.78 is 15.8. The minimum absolute atomic E-state index is 0.277. The summed E-state index contributed by atoms with van der Waals surface area (Å²) in [6.45, 7) is 1.05. The van der Waals surface area contributed by atoms with Crippen LogP contribution in [0.3, 0.4) is 0 Å². The van der Waals surface area contributed by atoms with E-state index < -0.39 is 0 Å². The predicted molar refractivity (Wildman–Crippen MR) is 52.3 cm³/mol. The first-order chi connectivity index (χ1) is 7.36. The maximum Gasteiger partial charge on any atom is 0.189 e. The van der Waals surface area contributed by atoms with Gasteiger partial charge in [0.1, 0.15) is 11.5 Å². The van der Waals surface area contributed by atoms with Gasteiger partial charge in [0.05, 0.1) is 20.3 Å². The van der Waals surface area contributed by atoms with Crippen LogP contribution >= 0.6 is 0 Å². The van der Waals surface area contributed by atoms with Gasteiger partial charge in [-0.1, -0.05) is 0 Å². The first-order valence-corrected chi connectivity index (χ1v) is 4.57. The second-order valence-corrected chi connectivity index (χ2v) is 3.14. The minimum atomic E-state index is 0.277. The van der Waals surface area contributed by atoms with Crippen LogP contribution in [0.1, 0.15) is 11.1 Å². The number of fused-ring (bicyclic) bond motifs is 1. The zero-order valence-corrected chi connectivity index (χ0v) is 8.49. The Morgan fingerprint density at radius 2 is 2.33 bits per heavy atom. The van der Waals surface area contributed by atoms with Crippen LogP contribution in [0, 0.1) is 0 Å². The third-order valence-corrected chi connectivity index (χ3v) is 2.34. The Morgan fingerprint density at radius 1 is 1.47 bits per heavy atom. The highest BCUT2D eigenvalue weighted by Gasteiger charge is 2.18. The average Bonchev–Trinajstić information content (AvgIpc) is 2.30. The first-order valence-electron chi connectivity index (χ1n) is 4.57. The Hall–Kier alpha value is -1.30. The van der Waals surface area contributed by atoms with Crippen LogP contribution in [0.4, 0.5) is 0 Å². The molecule has 0 saturated heterocycles. The fourth-order valence-corrected chi connectivity index (χ4v) is 1.63. The zero-order valence-electron chi connectivity index (χ0n) is 8.49. The van der Waals surface area contributed by atoms with Crippen LogP contribution in [0.5, 0.6) is 11.5 Å². The van der Waals surface area contributed by atoms with Gasteiger partial charge in [0.25, 0.3) is 0 Å². The molecule has 5 heteroatoms. The molecule has 0 atom stereocenters. The van der Waals surface area contributed by atoms with Gasteiger partial charge >= 0.3 is 0 Å².